The highest BCUT2D eigenvalue weighted by atomic mass is 16.5. The molecule has 20 heavy (non-hydrogen) atoms. The minimum absolute atomic E-state index is 0.194. The van der Waals surface area contributed by atoms with E-state index in [0.717, 1.165) is 19.4 Å². The smallest absolute Gasteiger partial charge is 0.0645 e. The second-order valence-electron chi connectivity index (χ2n) is 4.83. The van der Waals surface area contributed by atoms with Crippen LogP contribution in [-0.4, -0.2) is 39.6 Å². The third-order valence-electron chi connectivity index (χ3n) is 3.04. The van der Waals surface area contributed by atoms with Gasteiger partial charge in [0.05, 0.1) is 58.0 Å². The highest BCUT2D eigenvalue weighted by molar-refractivity contribution is 4.79. The van der Waals surface area contributed by atoms with Gasteiger partial charge in [0.2, 0.25) is 0 Å². The van der Waals surface area contributed by atoms with Crippen molar-refractivity contribution in [3.8, 4) is 12.1 Å². The van der Waals surface area contributed by atoms with Crippen molar-refractivity contribution in [3.63, 3.8) is 0 Å². The molecule has 0 spiro atoms. The van der Waals surface area contributed by atoms with Crippen LogP contribution >= 0.6 is 0 Å². The standard InChI is InChI=1S/C15H26N2O3/c1-3-9-18-12-15(4-2,13-19-10-5-7-16)14-20-11-6-8-17/h3-6,9-14H2,1-2H3. The summed E-state index contributed by atoms with van der Waals surface area (Å²) in [6, 6.07) is 4.12. The lowest BCUT2D eigenvalue weighted by atomic mass is 9.88. The second-order valence-corrected chi connectivity index (χ2v) is 4.83. The summed E-state index contributed by atoms with van der Waals surface area (Å²) < 4.78 is 16.8. The van der Waals surface area contributed by atoms with Gasteiger partial charge in [0.25, 0.3) is 0 Å². The molecule has 0 unspecified atom stereocenters. The molecule has 0 rings (SSSR count). The topological polar surface area (TPSA) is 75.3 Å². The van der Waals surface area contributed by atoms with Crippen LogP contribution in [0.25, 0.3) is 0 Å². The summed E-state index contributed by atoms with van der Waals surface area (Å²) in [6.45, 7) is 7.35. The average molecular weight is 282 g/mol. The Balaban J connectivity index is 4.29. The Morgan fingerprint density at radius 3 is 1.60 bits per heavy atom. The molecule has 0 heterocycles. The van der Waals surface area contributed by atoms with Crippen LogP contribution < -0.4 is 0 Å². The van der Waals surface area contributed by atoms with Crippen molar-refractivity contribution in [1.82, 2.24) is 0 Å². The zero-order valence-corrected chi connectivity index (χ0v) is 12.7. The van der Waals surface area contributed by atoms with Crippen molar-refractivity contribution in [2.24, 2.45) is 5.41 Å². The average Bonchev–Trinajstić information content (AvgIpc) is 2.47. The molecule has 0 fully saturated rings. The lowest BCUT2D eigenvalue weighted by molar-refractivity contribution is -0.0699. The summed E-state index contributed by atoms with van der Waals surface area (Å²) in [6.07, 6.45) is 2.63. The summed E-state index contributed by atoms with van der Waals surface area (Å²) in [5.74, 6) is 0. The molecule has 5 nitrogen and oxygen atoms in total. The Morgan fingerprint density at radius 2 is 1.25 bits per heavy atom. The van der Waals surface area contributed by atoms with E-state index in [0.29, 0.717) is 45.9 Å². The predicted molar refractivity (Wildman–Crippen MR) is 75.9 cm³/mol. The van der Waals surface area contributed by atoms with Crippen molar-refractivity contribution in [2.45, 2.75) is 39.5 Å². The fourth-order valence-electron chi connectivity index (χ4n) is 1.68. The Labute approximate surface area is 122 Å². The van der Waals surface area contributed by atoms with Crippen LogP contribution in [-0.2, 0) is 14.2 Å². The van der Waals surface area contributed by atoms with E-state index in [1.165, 1.54) is 0 Å². The number of rotatable bonds is 13. The Bertz CT molecular complexity index is 285. The molecule has 0 aromatic carbocycles. The molecular formula is C15H26N2O3. The molecule has 0 N–H and O–H groups in total. The lowest BCUT2D eigenvalue weighted by Gasteiger charge is -2.32. The van der Waals surface area contributed by atoms with Gasteiger partial charge in [0.1, 0.15) is 0 Å². The van der Waals surface area contributed by atoms with Gasteiger partial charge in [-0.1, -0.05) is 13.8 Å². The summed E-state index contributed by atoms with van der Waals surface area (Å²) in [4.78, 5) is 0. The number of nitriles is 2. The number of ether oxygens (including phenoxy) is 3. The van der Waals surface area contributed by atoms with Gasteiger partial charge in [-0.05, 0) is 12.8 Å². The molecule has 0 saturated carbocycles. The molecule has 5 heteroatoms. The molecule has 0 bridgehead atoms. The Morgan fingerprint density at radius 1 is 0.800 bits per heavy atom. The first-order valence-corrected chi connectivity index (χ1v) is 7.21. The van der Waals surface area contributed by atoms with Gasteiger partial charge >= 0.3 is 0 Å². The molecule has 0 saturated heterocycles. The van der Waals surface area contributed by atoms with E-state index < -0.39 is 0 Å². The maximum absolute atomic E-state index is 8.52. The van der Waals surface area contributed by atoms with Crippen LogP contribution in [0.15, 0.2) is 0 Å². The first kappa shape index (κ1) is 18.9. The van der Waals surface area contributed by atoms with E-state index in [2.05, 4.69) is 26.0 Å². The number of hydrogen-bond donors (Lipinski definition) is 0. The fourth-order valence-corrected chi connectivity index (χ4v) is 1.68. The number of nitrogens with zero attached hydrogens (tertiary/aromatic N) is 2. The second kappa shape index (κ2) is 12.9. The zero-order chi connectivity index (χ0) is 15.1. The van der Waals surface area contributed by atoms with Gasteiger partial charge < -0.3 is 14.2 Å². The quantitative estimate of drug-likeness (QED) is 0.485. The molecule has 0 aromatic rings. The van der Waals surface area contributed by atoms with Gasteiger partial charge in [0, 0.05) is 12.0 Å². The summed E-state index contributed by atoms with van der Waals surface area (Å²) in [7, 11) is 0. The van der Waals surface area contributed by atoms with E-state index >= 15 is 0 Å². The minimum atomic E-state index is -0.194. The van der Waals surface area contributed by atoms with Crippen LogP contribution in [0.5, 0.6) is 0 Å². The molecule has 0 radical (unpaired) electrons. The highest BCUT2D eigenvalue weighted by Gasteiger charge is 2.29. The predicted octanol–water partition coefficient (Wildman–Crippen LogP) is 2.67. The first-order chi connectivity index (χ1) is 9.74. The van der Waals surface area contributed by atoms with Gasteiger partial charge in [-0.3, -0.25) is 0 Å². The van der Waals surface area contributed by atoms with Crippen molar-refractivity contribution in [2.75, 3.05) is 39.6 Å². The lowest BCUT2D eigenvalue weighted by Crippen LogP contribution is -2.37. The van der Waals surface area contributed by atoms with E-state index in [9.17, 15) is 0 Å². The summed E-state index contributed by atoms with van der Waals surface area (Å²) in [5, 5.41) is 17.0. The van der Waals surface area contributed by atoms with Gasteiger partial charge in [0.15, 0.2) is 0 Å². The van der Waals surface area contributed by atoms with Crippen molar-refractivity contribution in [1.29, 1.82) is 10.5 Å². The first-order valence-electron chi connectivity index (χ1n) is 7.21. The van der Waals surface area contributed by atoms with E-state index in [1.807, 2.05) is 0 Å². The van der Waals surface area contributed by atoms with E-state index in [-0.39, 0.29) is 5.41 Å². The van der Waals surface area contributed by atoms with Crippen LogP contribution in [0, 0.1) is 28.1 Å². The van der Waals surface area contributed by atoms with Crippen LogP contribution in [0.1, 0.15) is 39.5 Å². The third-order valence-corrected chi connectivity index (χ3v) is 3.04. The van der Waals surface area contributed by atoms with Crippen molar-refractivity contribution >= 4 is 0 Å². The SMILES string of the molecule is CCCOCC(CC)(COCCC#N)COCCC#N. The molecule has 0 aromatic heterocycles. The van der Waals surface area contributed by atoms with Gasteiger partial charge in [-0.15, -0.1) is 0 Å². The Kier molecular flexibility index (Phi) is 12.1. The van der Waals surface area contributed by atoms with Gasteiger partial charge in [-0.2, -0.15) is 10.5 Å². The van der Waals surface area contributed by atoms with Crippen molar-refractivity contribution in [3.05, 3.63) is 0 Å². The minimum Gasteiger partial charge on any atom is -0.381 e. The monoisotopic (exact) mass is 282 g/mol. The maximum Gasteiger partial charge on any atom is 0.0645 e. The van der Waals surface area contributed by atoms with Crippen LogP contribution in [0.3, 0.4) is 0 Å². The molecule has 0 aliphatic heterocycles. The zero-order valence-electron chi connectivity index (χ0n) is 12.7. The molecular weight excluding hydrogens is 256 g/mol. The molecule has 0 aliphatic carbocycles. The molecule has 0 amide bonds. The molecule has 0 atom stereocenters. The number of hydrogen-bond acceptors (Lipinski definition) is 5. The fraction of sp³-hybridized carbons (Fsp3) is 0.867. The largest absolute Gasteiger partial charge is 0.381 e. The molecule has 0 aliphatic rings. The maximum atomic E-state index is 8.52. The Hall–Kier alpha value is -1.14. The summed E-state index contributed by atoms with van der Waals surface area (Å²) in [5.41, 5.74) is -0.194. The normalized spacial score (nSPS) is 11.0. The highest BCUT2D eigenvalue weighted by Crippen LogP contribution is 2.24. The van der Waals surface area contributed by atoms with E-state index in [1.54, 1.807) is 0 Å². The van der Waals surface area contributed by atoms with Crippen molar-refractivity contribution < 1.29 is 14.2 Å². The third kappa shape index (κ3) is 8.87. The summed E-state index contributed by atoms with van der Waals surface area (Å²) >= 11 is 0. The van der Waals surface area contributed by atoms with Crippen LogP contribution in [0.4, 0.5) is 0 Å². The van der Waals surface area contributed by atoms with E-state index in [4.69, 9.17) is 24.7 Å². The van der Waals surface area contributed by atoms with Gasteiger partial charge in [-0.25, -0.2) is 0 Å². The molecule has 114 valence electrons. The van der Waals surface area contributed by atoms with Crippen LogP contribution in [0.2, 0.25) is 0 Å².